The highest BCUT2D eigenvalue weighted by Gasteiger charge is 2.12. The van der Waals surface area contributed by atoms with Crippen molar-refractivity contribution in [3.63, 3.8) is 0 Å². The van der Waals surface area contributed by atoms with Crippen molar-refractivity contribution >= 4 is 5.97 Å². The Hall–Kier alpha value is -1.75. The molecule has 0 heterocycles. The highest BCUT2D eigenvalue weighted by Crippen LogP contribution is 2.26. The van der Waals surface area contributed by atoms with Gasteiger partial charge in [0.05, 0.1) is 14.2 Å². The number of aromatic hydroxyl groups is 1. The van der Waals surface area contributed by atoms with E-state index in [9.17, 15) is 9.90 Å². The Kier molecular flexibility index (Phi) is 4.78. The van der Waals surface area contributed by atoms with Crippen LogP contribution in [0.4, 0.5) is 0 Å². The number of ether oxygens (including phenoxy) is 2. The average molecular weight is 239 g/mol. The minimum Gasteiger partial charge on any atom is -0.504 e. The third-order valence-corrected chi connectivity index (χ3v) is 2.41. The van der Waals surface area contributed by atoms with Crippen LogP contribution in [-0.4, -0.2) is 31.3 Å². The Morgan fingerprint density at radius 1 is 1.47 bits per heavy atom. The van der Waals surface area contributed by atoms with Gasteiger partial charge in [-0.1, -0.05) is 6.07 Å². The first-order valence-corrected chi connectivity index (χ1v) is 5.25. The van der Waals surface area contributed by atoms with Crippen molar-refractivity contribution in [1.82, 2.24) is 5.32 Å². The fraction of sp³-hybridized carbons (Fsp3) is 0.417. The van der Waals surface area contributed by atoms with Crippen LogP contribution < -0.4 is 10.1 Å². The quantitative estimate of drug-likeness (QED) is 0.752. The van der Waals surface area contributed by atoms with Crippen molar-refractivity contribution in [1.29, 1.82) is 0 Å². The Morgan fingerprint density at radius 2 is 2.18 bits per heavy atom. The third kappa shape index (κ3) is 3.64. The first-order chi connectivity index (χ1) is 8.08. The standard InChI is InChI=1S/C12H17NO4/c1-8(12(15)17-3)13-7-9-4-5-11(16-2)10(14)6-9/h4-6,8,13-14H,7H2,1-3H3/t8-/m0/s1. The van der Waals surface area contributed by atoms with Gasteiger partial charge in [-0.15, -0.1) is 0 Å². The summed E-state index contributed by atoms with van der Waals surface area (Å²) in [7, 11) is 2.84. The van der Waals surface area contributed by atoms with Crippen molar-refractivity contribution in [3.05, 3.63) is 23.8 Å². The van der Waals surface area contributed by atoms with Gasteiger partial charge in [0.15, 0.2) is 11.5 Å². The lowest BCUT2D eigenvalue weighted by atomic mass is 10.2. The number of methoxy groups -OCH3 is 2. The lowest BCUT2D eigenvalue weighted by Gasteiger charge is -2.12. The smallest absolute Gasteiger partial charge is 0.322 e. The first-order valence-electron chi connectivity index (χ1n) is 5.25. The lowest BCUT2D eigenvalue weighted by Crippen LogP contribution is -2.34. The maximum Gasteiger partial charge on any atom is 0.322 e. The van der Waals surface area contributed by atoms with Crippen LogP contribution in [0.1, 0.15) is 12.5 Å². The molecule has 0 aliphatic heterocycles. The Labute approximate surface area is 100 Å². The molecule has 2 N–H and O–H groups in total. The number of phenolic OH excluding ortho intramolecular Hbond substituents is 1. The fourth-order valence-corrected chi connectivity index (χ4v) is 1.38. The molecule has 0 aliphatic rings. The predicted molar refractivity (Wildman–Crippen MR) is 63.0 cm³/mol. The van der Waals surface area contributed by atoms with E-state index in [4.69, 9.17) is 4.74 Å². The number of benzene rings is 1. The zero-order chi connectivity index (χ0) is 12.8. The van der Waals surface area contributed by atoms with Crippen molar-refractivity contribution in [3.8, 4) is 11.5 Å². The monoisotopic (exact) mass is 239 g/mol. The SMILES string of the molecule is COC(=O)[C@H](C)NCc1ccc(OC)c(O)c1. The molecular weight excluding hydrogens is 222 g/mol. The second-order valence-electron chi connectivity index (χ2n) is 3.63. The van der Waals surface area contributed by atoms with Crippen LogP contribution in [0, 0.1) is 0 Å². The van der Waals surface area contributed by atoms with E-state index < -0.39 is 0 Å². The van der Waals surface area contributed by atoms with Crippen LogP contribution in [0.5, 0.6) is 11.5 Å². The van der Waals surface area contributed by atoms with Crippen molar-refractivity contribution < 1.29 is 19.4 Å². The van der Waals surface area contributed by atoms with Gasteiger partial charge in [0, 0.05) is 6.54 Å². The number of phenols is 1. The van der Waals surface area contributed by atoms with Gasteiger partial charge < -0.3 is 19.9 Å². The van der Waals surface area contributed by atoms with Crippen LogP contribution in [0.2, 0.25) is 0 Å². The molecule has 1 atom stereocenters. The molecule has 0 saturated carbocycles. The molecule has 0 aliphatic carbocycles. The Morgan fingerprint density at radius 3 is 2.71 bits per heavy atom. The molecule has 5 heteroatoms. The number of carbonyl (C=O) groups is 1. The van der Waals surface area contributed by atoms with E-state index in [2.05, 4.69) is 10.1 Å². The van der Waals surface area contributed by atoms with Gasteiger partial charge in [0.2, 0.25) is 0 Å². The second kappa shape index (κ2) is 6.10. The van der Waals surface area contributed by atoms with Crippen LogP contribution in [-0.2, 0) is 16.1 Å². The molecule has 0 unspecified atom stereocenters. The molecule has 0 saturated heterocycles. The average Bonchev–Trinajstić information content (AvgIpc) is 2.35. The summed E-state index contributed by atoms with van der Waals surface area (Å²) in [6, 6.07) is 4.70. The number of hydrogen-bond donors (Lipinski definition) is 2. The minimum absolute atomic E-state index is 0.0810. The van der Waals surface area contributed by atoms with Gasteiger partial charge in [0.1, 0.15) is 6.04 Å². The summed E-state index contributed by atoms with van der Waals surface area (Å²) >= 11 is 0. The number of hydrogen-bond acceptors (Lipinski definition) is 5. The largest absolute Gasteiger partial charge is 0.504 e. The van der Waals surface area contributed by atoms with E-state index in [1.54, 1.807) is 19.1 Å². The summed E-state index contributed by atoms with van der Waals surface area (Å²) < 4.78 is 9.53. The number of carbonyl (C=O) groups excluding carboxylic acids is 1. The van der Waals surface area contributed by atoms with E-state index in [0.29, 0.717) is 12.3 Å². The lowest BCUT2D eigenvalue weighted by molar-refractivity contribution is -0.142. The summed E-state index contributed by atoms with van der Waals surface area (Å²) in [6.45, 7) is 2.18. The summed E-state index contributed by atoms with van der Waals surface area (Å²) in [5, 5.41) is 12.6. The highest BCUT2D eigenvalue weighted by molar-refractivity contribution is 5.75. The third-order valence-electron chi connectivity index (χ3n) is 2.41. The molecule has 0 aromatic heterocycles. The molecule has 1 aromatic rings. The van der Waals surface area contributed by atoms with E-state index in [1.807, 2.05) is 6.07 Å². The molecular formula is C12H17NO4. The maximum atomic E-state index is 11.1. The van der Waals surface area contributed by atoms with Gasteiger partial charge >= 0.3 is 5.97 Å². The van der Waals surface area contributed by atoms with Gasteiger partial charge in [-0.3, -0.25) is 4.79 Å². The van der Waals surface area contributed by atoms with Crippen LogP contribution in [0.25, 0.3) is 0 Å². The number of rotatable bonds is 5. The van der Waals surface area contributed by atoms with Gasteiger partial charge in [-0.25, -0.2) is 0 Å². The fourth-order valence-electron chi connectivity index (χ4n) is 1.38. The second-order valence-corrected chi connectivity index (χ2v) is 3.63. The van der Waals surface area contributed by atoms with E-state index in [0.717, 1.165) is 5.56 Å². The molecule has 0 fully saturated rings. The Balaban J connectivity index is 2.58. The molecule has 0 bridgehead atoms. The zero-order valence-corrected chi connectivity index (χ0v) is 10.2. The first kappa shape index (κ1) is 13.3. The molecule has 0 radical (unpaired) electrons. The zero-order valence-electron chi connectivity index (χ0n) is 10.2. The van der Waals surface area contributed by atoms with Gasteiger partial charge in [-0.05, 0) is 24.6 Å². The number of esters is 1. The van der Waals surface area contributed by atoms with Crippen molar-refractivity contribution in [2.24, 2.45) is 0 Å². The maximum absolute atomic E-state index is 11.1. The van der Waals surface area contributed by atoms with E-state index in [-0.39, 0.29) is 17.8 Å². The molecule has 1 rings (SSSR count). The van der Waals surface area contributed by atoms with Gasteiger partial charge in [0.25, 0.3) is 0 Å². The topological polar surface area (TPSA) is 67.8 Å². The Bertz CT molecular complexity index is 392. The molecule has 0 spiro atoms. The molecule has 5 nitrogen and oxygen atoms in total. The van der Waals surface area contributed by atoms with Gasteiger partial charge in [-0.2, -0.15) is 0 Å². The number of nitrogens with one attached hydrogen (secondary N) is 1. The predicted octanol–water partition coefficient (Wildman–Crippen LogP) is 1.05. The normalized spacial score (nSPS) is 11.9. The molecule has 94 valence electrons. The van der Waals surface area contributed by atoms with Crippen LogP contribution in [0.3, 0.4) is 0 Å². The summed E-state index contributed by atoms with van der Waals surface area (Å²) in [5.74, 6) is 0.190. The van der Waals surface area contributed by atoms with E-state index >= 15 is 0 Å². The van der Waals surface area contributed by atoms with Crippen molar-refractivity contribution in [2.75, 3.05) is 14.2 Å². The molecule has 17 heavy (non-hydrogen) atoms. The van der Waals surface area contributed by atoms with Crippen LogP contribution >= 0.6 is 0 Å². The minimum atomic E-state index is -0.385. The van der Waals surface area contributed by atoms with E-state index in [1.165, 1.54) is 14.2 Å². The summed E-state index contributed by atoms with van der Waals surface area (Å²) in [5.41, 5.74) is 0.860. The van der Waals surface area contributed by atoms with Crippen molar-refractivity contribution in [2.45, 2.75) is 19.5 Å². The molecule has 1 aromatic carbocycles. The van der Waals surface area contributed by atoms with Crippen LogP contribution in [0.15, 0.2) is 18.2 Å². The summed E-state index contributed by atoms with van der Waals surface area (Å²) in [6.07, 6.45) is 0. The molecule has 0 amide bonds. The summed E-state index contributed by atoms with van der Waals surface area (Å²) in [4.78, 5) is 11.1. The highest BCUT2D eigenvalue weighted by atomic mass is 16.5.